The number of nitrogens with one attached hydrogen (secondary N) is 1. The Bertz CT molecular complexity index is 909. The maximum atomic E-state index is 13.1. The lowest BCUT2D eigenvalue weighted by atomic mass is 9.86. The molecule has 4 rings (SSSR count). The first-order chi connectivity index (χ1) is 15.6. The molecule has 2 aliphatic heterocycles. The standard InChI is InChI=1S/C26H34N4O2/c27-25(31)22-9-7-8-20(18-22)19-29-16-13-21(14-17-29)24-12-5-2-6-15-30(24)26(32)28-23-10-3-1-4-11-23/h1,3-4,7-11,18,21,24H,2,5-6,12-17,19H2,(H2,27,31)(H,28,32). The fourth-order valence-electron chi connectivity index (χ4n) is 5.17. The number of amides is 3. The molecule has 0 radical (unpaired) electrons. The van der Waals surface area contributed by atoms with Crippen LogP contribution in [0.4, 0.5) is 10.5 Å². The van der Waals surface area contributed by atoms with Crippen molar-refractivity contribution in [2.75, 3.05) is 25.0 Å². The van der Waals surface area contributed by atoms with Gasteiger partial charge < -0.3 is 16.0 Å². The number of nitrogens with zero attached hydrogens (tertiary/aromatic N) is 2. The molecule has 0 bridgehead atoms. The maximum absolute atomic E-state index is 13.1. The zero-order valence-electron chi connectivity index (χ0n) is 18.7. The van der Waals surface area contributed by atoms with Crippen molar-refractivity contribution in [2.24, 2.45) is 11.7 Å². The van der Waals surface area contributed by atoms with Crippen molar-refractivity contribution >= 4 is 17.6 Å². The van der Waals surface area contributed by atoms with Gasteiger partial charge in [-0.1, -0.05) is 43.2 Å². The van der Waals surface area contributed by atoms with E-state index in [1.54, 1.807) is 6.07 Å². The van der Waals surface area contributed by atoms with E-state index in [0.29, 0.717) is 17.5 Å². The van der Waals surface area contributed by atoms with Crippen molar-refractivity contribution in [3.8, 4) is 0 Å². The molecule has 0 spiro atoms. The van der Waals surface area contributed by atoms with Crippen molar-refractivity contribution in [1.82, 2.24) is 9.80 Å². The third-order valence-electron chi connectivity index (χ3n) is 6.88. The van der Waals surface area contributed by atoms with Crippen molar-refractivity contribution in [1.29, 1.82) is 0 Å². The van der Waals surface area contributed by atoms with Crippen LogP contribution in [0.15, 0.2) is 54.6 Å². The molecule has 3 N–H and O–H groups in total. The summed E-state index contributed by atoms with van der Waals surface area (Å²) in [4.78, 5) is 29.2. The van der Waals surface area contributed by atoms with E-state index in [1.165, 1.54) is 12.8 Å². The number of urea groups is 1. The Hall–Kier alpha value is -2.86. The summed E-state index contributed by atoms with van der Waals surface area (Å²) >= 11 is 0. The minimum Gasteiger partial charge on any atom is -0.366 e. The summed E-state index contributed by atoms with van der Waals surface area (Å²) in [6.07, 6.45) is 6.74. The van der Waals surface area contributed by atoms with Gasteiger partial charge in [0.1, 0.15) is 0 Å². The number of para-hydroxylation sites is 1. The van der Waals surface area contributed by atoms with E-state index in [9.17, 15) is 9.59 Å². The molecule has 0 aromatic heterocycles. The Morgan fingerprint density at radius 1 is 0.906 bits per heavy atom. The molecule has 6 heteroatoms. The number of hydrogen-bond acceptors (Lipinski definition) is 3. The van der Waals surface area contributed by atoms with E-state index < -0.39 is 0 Å². The molecule has 2 aromatic rings. The Labute approximate surface area is 190 Å². The van der Waals surface area contributed by atoms with Crippen LogP contribution in [0.2, 0.25) is 0 Å². The highest BCUT2D eigenvalue weighted by molar-refractivity contribution is 5.92. The SMILES string of the molecule is NC(=O)c1cccc(CN2CCC(C3CCCCCN3C(=O)Nc3ccccc3)CC2)c1. The van der Waals surface area contributed by atoms with E-state index in [1.807, 2.05) is 42.5 Å². The molecule has 170 valence electrons. The highest BCUT2D eigenvalue weighted by Gasteiger charge is 2.34. The lowest BCUT2D eigenvalue weighted by Gasteiger charge is -2.40. The van der Waals surface area contributed by atoms with Crippen LogP contribution in [-0.4, -0.2) is 47.4 Å². The third-order valence-corrected chi connectivity index (χ3v) is 6.88. The number of anilines is 1. The summed E-state index contributed by atoms with van der Waals surface area (Å²) in [5, 5.41) is 3.10. The number of hydrogen-bond donors (Lipinski definition) is 2. The molecule has 2 heterocycles. The van der Waals surface area contributed by atoms with Gasteiger partial charge in [-0.2, -0.15) is 0 Å². The van der Waals surface area contributed by atoms with Crippen molar-refractivity contribution in [3.63, 3.8) is 0 Å². The zero-order valence-corrected chi connectivity index (χ0v) is 18.7. The van der Waals surface area contributed by atoms with Gasteiger partial charge in [0.15, 0.2) is 0 Å². The number of rotatable bonds is 5. The molecule has 2 saturated heterocycles. The van der Waals surface area contributed by atoms with Gasteiger partial charge in [-0.3, -0.25) is 9.69 Å². The molecule has 2 aromatic carbocycles. The largest absolute Gasteiger partial charge is 0.366 e. The zero-order chi connectivity index (χ0) is 22.3. The average Bonchev–Trinajstić information content (AvgIpc) is 3.07. The van der Waals surface area contributed by atoms with Gasteiger partial charge in [0.2, 0.25) is 5.91 Å². The maximum Gasteiger partial charge on any atom is 0.322 e. The molecular formula is C26H34N4O2. The lowest BCUT2D eigenvalue weighted by Crippen LogP contribution is -2.49. The Kier molecular flexibility index (Phi) is 7.43. The number of primary amides is 1. The van der Waals surface area contributed by atoms with Crippen molar-refractivity contribution in [2.45, 2.75) is 51.1 Å². The first kappa shape index (κ1) is 22.3. The summed E-state index contributed by atoms with van der Waals surface area (Å²) in [6.45, 7) is 3.69. The third kappa shape index (κ3) is 5.68. The molecular weight excluding hydrogens is 400 g/mol. The summed E-state index contributed by atoms with van der Waals surface area (Å²) in [7, 11) is 0. The highest BCUT2D eigenvalue weighted by atomic mass is 16.2. The molecule has 6 nitrogen and oxygen atoms in total. The molecule has 2 fully saturated rings. The highest BCUT2D eigenvalue weighted by Crippen LogP contribution is 2.31. The number of carbonyl (C=O) groups excluding carboxylic acids is 2. The van der Waals surface area contributed by atoms with Gasteiger partial charge in [-0.15, -0.1) is 0 Å². The topological polar surface area (TPSA) is 78.7 Å². The Morgan fingerprint density at radius 2 is 1.69 bits per heavy atom. The average molecular weight is 435 g/mol. The second-order valence-corrected chi connectivity index (χ2v) is 9.08. The van der Waals surface area contributed by atoms with E-state index in [4.69, 9.17) is 5.73 Å². The number of nitrogens with two attached hydrogens (primary N) is 1. The molecule has 2 aliphatic rings. The predicted molar refractivity (Wildman–Crippen MR) is 127 cm³/mol. The Morgan fingerprint density at radius 3 is 2.44 bits per heavy atom. The van der Waals surface area contributed by atoms with Gasteiger partial charge in [0, 0.05) is 30.4 Å². The van der Waals surface area contributed by atoms with Crippen LogP contribution in [0, 0.1) is 5.92 Å². The van der Waals surface area contributed by atoms with Crippen LogP contribution in [0.5, 0.6) is 0 Å². The smallest absolute Gasteiger partial charge is 0.322 e. The van der Waals surface area contributed by atoms with Crippen molar-refractivity contribution in [3.05, 3.63) is 65.7 Å². The lowest BCUT2D eigenvalue weighted by molar-refractivity contribution is 0.0996. The van der Waals surface area contributed by atoms with E-state index in [0.717, 1.165) is 63.1 Å². The first-order valence-electron chi connectivity index (χ1n) is 11.8. The number of carbonyl (C=O) groups is 2. The molecule has 3 amide bonds. The normalized spacial score (nSPS) is 20.5. The molecule has 1 atom stereocenters. The summed E-state index contributed by atoms with van der Waals surface area (Å²) in [5.41, 5.74) is 7.97. The first-order valence-corrected chi connectivity index (χ1v) is 11.8. The molecule has 32 heavy (non-hydrogen) atoms. The van der Waals surface area contributed by atoms with Gasteiger partial charge in [-0.25, -0.2) is 4.79 Å². The van der Waals surface area contributed by atoms with Crippen LogP contribution in [-0.2, 0) is 6.54 Å². The van der Waals surface area contributed by atoms with Crippen LogP contribution in [0.1, 0.15) is 54.4 Å². The van der Waals surface area contributed by atoms with Gasteiger partial charge >= 0.3 is 6.03 Å². The minimum atomic E-state index is -0.382. The van der Waals surface area contributed by atoms with E-state index >= 15 is 0 Å². The fraction of sp³-hybridized carbons (Fsp3) is 0.462. The Balaban J connectivity index is 1.36. The van der Waals surface area contributed by atoms with Crippen LogP contribution >= 0.6 is 0 Å². The molecule has 0 saturated carbocycles. The van der Waals surface area contributed by atoms with Crippen LogP contribution in [0.25, 0.3) is 0 Å². The van der Waals surface area contributed by atoms with Gasteiger partial charge in [0.25, 0.3) is 0 Å². The van der Waals surface area contributed by atoms with Gasteiger partial charge in [-0.05, 0) is 74.5 Å². The molecule has 0 aliphatic carbocycles. The quantitative estimate of drug-likeness (QED) is 0.729. The summed E-state index contributed by atoms with van der Waals surface area (Å²) in [5.74, 6) is 0.149. The van der Waals surface area contributed by atoms with Crippen molar-refractivity contribution < 1.29 is 9.59 Å². The second-order valence-electron chi connectivity index (χ2n) is 9.08. The minimum absolute atomic E-state index is 0.0359. The fourth-order valence-corrected chi connectivity index (χ4v) is 5.17. The summed E-state index contributed by atoms with van der Waals surface area (Å²) < 4.78 is 0. The number of piperidine rings is 1. The number of benzene rings is 2. The predicted octanol–water partition coefficient (Wildman–Crippen LogP) is 4.47. The monoisotopic (exact) mass is 434 g/mol. The second kappa shape index (κ2) is 10.6. The number of likely N-dealkylation sites (tertiary alicyclic amines) is 2. The van der Waals surface area contributed by atoms with Crippen LogP contribution < -0.4 is 11.1 Å². The summed E-state index contributed by atoms with van der Waals surface area (Å²) in [6, 6.07) is 17.7. The van der Waals surface area contributed by atoms with Crippen LogP contribution in [0.3, 0.4) is 0 Å². The van der Waals surface area contributed by atoms with E-state index in [-0.39, 0.29) is 11.9 Å². The van der Waals surface area contributed by atoms with E-state index in [2.05, 4.69) is 21.2 Å². The molecule has 1 unspecified atom stereocenters. The van der Waals surface area contributed by atoms with Gasteiger partial charge in [0.05, 0.1) is 0 Å².